The third-order valence-corrected chi connectivity index (χ3v) is 5.82. The van der Waals surface area contributed by atoms with Gasteiger partial charge in [-0.25, -0.2) is 0 Å². The highest BCUT2D eigenvalue weighted by atomic mass is 16.5. The standard InChI is InChI=1S/C21H31N3O3/c1-16-6-4-7-17(2)24(16)20(25)15-22-10-12-23(13-11-22)21(26)18-8-5-9-19(14-18)27-3/h5,8-9,14,16-17H,4,6-7,10-13,15H2,1-3H3. The first kappa shape index (κ1) is 19.7. The lowest BCUT2D eigenvalue weighted by Gasteiger charge is -2.41. The number of hydrogen-bond donors (Lipinski definition) is 0. The molecule has 148 valence electrons. The van der Waals surface area contributed by atoms with E-state index >= 15 is 0 Å². The molecular weight excluding hydrogens is 342 g/mol. The van der Waals surface area contributed by atoms with Crippen LogP contribution in [0.2, 0.25) is 0 Å². The van der Waals surface area contributed by atoms with Gasteiger partial charge in [-0.15, -0.1) is 0 Å². The topological polar surface area (TPSA) is 53.1 Å². The molecule has 2 amide bonds. The number of carbonyl (C=O) groups excluding carboxylic acids is 2. The second kappa shape index (κ2) is 8.74. The zero-order valence-electron chi connectivity index (χ0n) is 16.7. The first-order chi connectivity index (χ1) is 13.0. The maximum absolute atomic E-state index is 12.8. The molecule has 0 N–H and O–H groups in total. The van der Waals surface area contributed by atoms with E-state index < -0.39 is 0 Å². The summed E-state index contributed by atoms with van der Waals surface area (Å²) >= 11 is 0. The van der Waals surface area contributed by atoms with Gasteiger partial charge in [0.1, 0.15) is 5.75 Å². The number of methoxy groups -OCH3 is 1. The summed E-state index contributed by atoms with van der Waals surface area (Å²) in [4.78, 5) is 31.6. The van der Waals surface area contributed by atoms with Gasteiger partial charge >= 0.3 is 0 Å². The summed E-state index contributed by atoms with van der Waals surface area (Å²) in [6.45, 7) is 7.52. The van der Waals surface area contributed by atoms with Crippen LogP contribution in [0, 0.1) is 0 Å². The van der Waals surface area contributed by atoms with Crippen molar-refractivity contribution in [2.24, 2.45) is 0 Å². The highest BCUT2D eigenvalue weighted by Crippen LogP contribution is 2.23. The molecule has 1 aromatic carbocycles. The third kappa shape index (κ3) is 4.61. The average Bonchev–Trinajstić information content (AvgIpc) is 2.68. The molecule has 2 fully saturated rings. The molecule has 0 bridgehead atoms. The van der Waals surface area contributed by atoms with E-state index in [1.807, 2.05) is 23.1 Å². The summed E-state index contributed by atoms with van der Waals surface area (Å²) in [5, 5.41) is 0. The Bertz CT molecular complexity index is 660. The molecule has 0 saturated carbocycles. The van der Waals surface area contributed by atoms with Crippen LogP contribution in [-0.4, -0.2) is 78.4 Å². The fourth-order valence-corrected chi connectivity index (χ4v) is 4.23. The molecule has 0 aromatic heterocycles. The van der Waals surface area contributed by atoms with E-state index in [2.05, 4.69) is 23.6 Å². The largest absolute Gasteiger partial charge is 0.497 e. The molecule has 6 nitrogen and oxygen atoms in total. The Morgan fingerprint density at radius 1 is 1.07 bits per heavy atom. The van der Waals surface area contributed by atoms with Gasteiger partial charge in [-0.05, 0) is 51.3 Å². The van der Waals surface area contributed by atoms with Gasteiger partial charge in [-0.1, -0.05) is 6.07 Å². The van der Waals surface area contributed by atoms with Gasteiger partial charge in [0.2, 0.25) is 5.91 Å². The molecule has 6 heteroatoms. The first-order valence-electron chi connectivity index (χ1n) is 9.96. The number of hydrogen-bond acceptors (Lipinski definition) is 4. The highest BCUT2D eigenvalue weighted by Gasteiger charge is 2.31. The second-order valence-corrected chi connectivity index (χ2v) is 7.73. The van der Waals surface area contributed by atoms with E-state index in [9.17, 15) is 9.59 Å². The molecule has 2 heterocycles. The number of carbonyl (C=O) groups is 2. The van der Waals surface area contributed by atoms with E-state index in [1.165, 1.54) is 6.42 Å². The quantitative estimate of drug-likeness (QED) is 0.812. The molecule has 3 rings (SSSR count). The molecule has 0 radical (unpaired) electrons. The number of rotatable bonds is 4. The molecule has 27 heavy (non-hydrogen) atoms. The van der Waals surface area contributed by atoms with Gasteiger partial charge in [-0.2, -0.15) is 0 Å². The molecule has 2 atom stereocenters. The Balaban J connectivity index is 1.52. The number of nitrogens with zero attached hydrogens (tertiary/aromatic N) is 3. The molecule has 0 aliphatic carbocycles. The monoisotopic (exact) mass is 373 g/mol. The predicted molar refractivity (Wildman–Crippen MR) is 105 cm³/mol. The molecular formula is C21H31N3O3. The lowest BCUT2D eigenvalue weighted by molar-refractivity contribution is -0.138. The van der Waals surface area contributed by atoms with Gasteiger partial charge in [0.15, 0.2) is 0 Å². The van der Waals surface area contributed by atoms with Crippen LogP contribution in [0.5, 0.6) is 5.75 Å². The van der Waals surface area contributed by atoms with Crippen molar-refractivity contribution >= 4 is 11.8 Å². The summed E-state index contributed by atoms with van der Waals surface area (Å²) in [7, 11) is 1.60. The van der Waals surface area contributed by atoms with Gasteiger partial charge in [0.25, 0.3) is 5.91 Å². The number of piperazine rings is 1. The summed E-state index contributed by atoms with van der Waals surface area (Å²) in [6, 6.07) is 7.93. The van der Waals surface area contributed by atoms with E-state index in [4.69, 9.17) is 4.74 Å². The fraction of sp³-hybridized carbons (Fsp3) is 0.619. The van der Waals surface area contributed by atoms with Crippen LogP contribution in [0.1, 0.15) is 43.5 Å². The summed E-state index contributed by atoms with van der Waals surface area (Å²) < 4.78 is 5.21. The average molecular weight is 373 g/mol. The van der Waals surface area contributed by atoms with Crippen molar-refractivity contribution in [2.45, 2.75) is 45.2 Å². The highest BCUT2D eigenvalue weighted by molar-refractivity contribution is 5.94. The van der Waals surface area contributed by atoms with Crippen molar-refractivity contribution in [1.82, 2.24) is 14.7 Å². The van der Waals surface area contributed by atoms with E-state index in [-0.39, 0.29) is 11.8 Å². The lowest BCUT2D eigenvalue weighted by atomic mass is 9.97. The summed E-state index contributed by atoms with van der Waals surface area (Å²) in [6.07, 6.45) is 3.40. The minimum absolute atomic E-state index is 0.0261. The number of amides is 2. The molecule has 2 aliphatic heterocycles. The molecule has 2 aliphatic rings. The number of benzene rings is 1. The maximum atomic E-state index is 12.8. The van der Waals surface area contributed by atoms with Crippen LogP contribution in [-0.2, 0) is 4.79 Å². The Labute approximate surface area is 162 Å². The Morgan fingerprint density at radius 2 is 1.74 bits per heavy atom. The van der Waals surface area contributed by atoms with E-state index in [0.717, 1.165) is 25.9 Å². The summed E-state index contributed by atoms with van der Waals surface area (Å²) in [5.74, 6) is 0.940. The van der Waals surface area contributed by atoms with Crippen LogP contribution < -0.4 is 4.74 Å². The Kier molecular flexibility index (Phi) is 6.37. The van der Waals surface area contributed by atoms with Crippen LogP contribution in [0.25, 0.3) is 0 Å². The van der Waals surface area contributed by atoms with Crippen molar-refractivity contribution in [1.29, 1.82) is 0 Å². The second-order valence-electron chi connectivity index (χ2n) is 7.73. The maximum Gasteiger partial charge on any atom is 0.254 e. The Morgan fingerprint density at radius 3 is 2.37 bits per heavy atom. The molecule has 2 unspecified atom stereocenters. The minimum Gasteiger partial charge on any atom is -0.497 e. The zero-order chi connectivity index (χ0) is 19.4. The predicted octanol–water partition coefficient (Wildman–Crippen LogP) is 2.24. The SMILES string of the molecule is COc1cccc(C(=O)N2CCN(CC(=O)N3C(C)CCCC3C)CC2)c1. The number of likely N-dealkylation sites (tertiary alicyclic amines) is 1. The first-order valence-corrected chi connectivity index (χ1v) is 9.96. The lowest BCUT2D eigenvalue weighted by Crippen LogP contribution is -2.54. The Hall–Kier alpha value is -2.08. The van der Waals surface area contributed by atoms with Crippen molar-refractivity contribution in [3.8, 4) is 5.75 Å². The molecule has 2 saturated heterocycles. The minimum atomic E-state index is 0.0261. The van der Waals surface area contributed by atoms with Crippen molar-refractivity contribution in [3.63, 3.8) is 0 Å². The van der Waals surface area contributed by atoms with Crippen molar-refractivity contribution in [3.05, 3.63) is 29.8 Å². The van der Waals surface area contributed by atoms with Crippen molar-refractivity contribution in [2.75, 3.05) is 39.8 Å². The van der Waals surface area contributed by atoms with Gasteiger partial charge in [-0.3, -0.25) is 14.5 Å². The van der Waals surface area contributed by atoms with Crippen LogP contribution >= 0.6 is 0 Å². The molecule has 1 aromatic rings. The fourth-order valence-electron chi connectivity index (χ4n) is 4.23. The van der Waals surface area contributed by atoms with E-state index in [1.54, 1.807) is 13.2 Å². The smallest absolute Gasteiger partial charge is 0.254 e. The van der Waals surface area contributed by atoms with Gasteiger partial charge < -0.3 is 14.5 Å². The molecule has 0 spiro atoms. The van der Waals surface area contributed by atoms with E-state index in [0.29, 0.717) is 43.0 Å². The third-order valence-electron chi connectivity index (χ3n) is 5.82. The van der Waals surface area contributed by atoms with Crippen molar-refractivity contribution < 1.29 is 14.3 Å². The number of piperidine rings is 1. The van der Waals surface area contributed by atoms with Crippen LogP contribution in [0.15, 0.2) is 24.3 Å². The van der Waals surface area contributed by atoms with Crippen LogP contribution in [0.3, 0.4) is 0 Å². The van der Waals surface area contributed by atoms with Gasteiger partial charge in [0, 0.05) is 43.8 Å². The summed E-state index contributed by atoms with van der Waals surface area (Å²) in [5.41, 5.74) is 0.648. The van der Waals surface area contributed by atoms with Gasteiger partial charge in [0.05, 0.1) is 13.7 Å². The van der Waals surface area contributed by atoms with Crippen LogP contribution in [0.4, 0.5) is 0 Å². The number of ether oxygens (including phenoxy) is 1. The zero-order valence-corrected chi connectivity index (χ0v) is 16.7. The normalized spacial score (nSPS) is 24.0.